The molecule has 0 amide bonds. The summed E-state index contributed by atoms with van der Waals surface area (Å²) in [7, 11) is 0. The lowest BCUT2D eigenvalue weighted by Crippen LogP contribution is -2.08. The Morgan fingerprint density at radius 1 is 1.21 bits per heavy atom. The Morgan fingerprint density at radius 2 is 1.95 bits per heavy atom. The van der Waals surface area contributed by atoms with Crippen LogP contribution in [0.2, 0.25) is 0 Å². The molecule has 0 saturated carbocycles. The van der Waals surface area contributed by atoms with E-state index in [1.54, 1.807) is 6.07 Å². The minimum atomic E-state index is -4.38. The number of nitrogens with two attached hydrogens (primary N) is 1. The van der Waals surface area contributed by atoms with E-state index in [2.05, 4.69) is 15.3 Å². The molecular weight excluding hydrogens is 257 g/mol. The summed E-state index contributed by atoms with van der Waals surface area (Å²) >= 11 is 0. The first kappa shape index (κ1) is 13.1. The third-order valence-electron chi connectivity index (χ3n) is 2.49. The maximum Gasteiger partial charge on any atom is 0.416 e. The lowest BCUT2D eigenvalue weighted by molar-refractivity contribution is -0.138. The van der Waals surface area contributed by atoms with E-state index in [4.69, 9.17) is 5.73 Å². The number of hydrogen-bond donors (Lipinski definition) is 2. The van der Waals surface area contributed by atoms with Crippen LogP contribution in [0.15, 0.2) is 30.5 Å². The van der Waals surface area contributed by atoms with E-state index < -0.39 is 11.7 Å². The first-order valence-corrected chi connectivity index (χ1v) is 5.39. The Labute approximate surface area is 107 Å². The Morgan fingerprint density at radius 3 is 2.58 bits per heavy atom. The van der Waals surface area contributed by atoms with E-state index in [1.165, 1.54) is 25.3 Å². The summed E-state index contributed by atoms with van der Waals surface area (Å²) in [4.78, 5) is 7.56. The number of rotatable bonds is 2. The lowest BCUT2D eigenvalue weighted by atomic mass is 10.1. The molecule has 100 valence electrons. The third kappa shape index (κ3) is 3.12. The number of aromatic nitrogens is 2. The van der Waals surface area contributed by atoms with Gasteiger partial charge in [0.1, 0.15) is 5.82 Å². The van der Waals surface area contributed by atoms with Gasteiger partial charge in [-0.2, -0.15) is 18.2 Å². The predicted molar refractivity (Wildman–Crippen MR) is 65.9 cm³/mol. The van der Waals surface area contributed by atoms with Crippen molar-refractivity contribution in [2.24, 2.45) is 0 Å². The molecule has 19 heavy (non-hydrogen) atoms. The molecule has 1 aromatic heterocycles. The van der Waals surface area contributed by atoms with Crippen molar-refractivity contribution in [1.82, 2.24) is 9.97 Å². The van der Waals surface area contributed by atoms with Crippen molar-refractivity contribution >= 4 is 17.5 Å². The minimum Gasteiger partial charge on any atom is -0.368 e. The van der Waals surface area contributed by atoms with Crippen LogP contribution >= 0.6 is 0 Å². The van der Waals surface area contributed by atoms with Crippen LogP contribution in [-0.4, -0.2) is 9.97 Å². The largest absolute Gasteiger partial charge is 0.416 e. The van der Waals surface area contributed by atoms with Crippen LogP contribution in [0.4, 0.5) is 30.6 Å². The molecule has 0 atom stereocenters. The van der Waals surface area contributed by atoms with E-state index in [0.717, 1.165) is 6.07 Å². The zero-order valence-electron chi connectivity index (χ0n) is 9.99. The van der Waals surface area contributed by atoms with Crippen molar-refractivity contribution in [2.45, 2.75) is 13.1 Å². The summed E-state index contributed by atoms with van der Waals surface area (Å²) < 4.78 is 38.3. The van der Waals surface area contributed by atoms with Gasteiger partial charge in [-0.1, -0.05) is 6.07 Å². The molecule has 2 rings (SSSR count). The number of benzene rings is 1. The summed E-state index contributed by atoms with van der Waals surface area (Å²) in [6.45, 7) is 1.41. The van der Waals surface area contributed by atoms with Gasteiger partial charge in [0.05, 0.1) is 5.56 Å². The maximum atomic E-state index is 12.8. The van der Waals surface area contributed by atoms with Crippen molar-refractivity contribution in [1.29, 1.82) is 0 Å². The quantitative estimate of drug-likeness (QED) is 0.878. The third-order valence-corrected chi connectivity index (χ3v) is 2.49. The molecule has 7 heteroatoms. The number of halogens is 3. The highest BCUT2D eigenvalue weighted by atomic mass is 19.4. The fourth-order valence-electron chi connectivity index (χ4n) is 1.60. The van der Waals surface area contributed by atoms with Crippen LogP contribution in [-0.2, 0) is 6.18 Å². The molecule has 0 spiro atoms. The van der Waals surface area contributed by atoms with Crippen LogP contribution in [0.25, 0.3) is 0 Å². The van der Waals surface area contributed by atoms with Gasteiger partial charge in [-0.15, -0.1) is 0 Å². The van der Waals surface area contributed by atoms with Crippen LogP contribution < -0.4 is 11.1 Å². The molecule has 1 heterocycles. The summed E-state index contributed by atoms with van der Waals surface area (Å²) in [6.07, 6.45) is -2.96. The molecule has 0 aliphatic rings. The number of nitrogens with zero attached hydrogens (tertiary/aromatic N) is 2. The summed E-state index contributed by atoms with van der Waals surface area (Å²) in [5.74, 6) is 0.387. The van der Waals surface area contributed by atoms with E-state index in [0.29, 0.717) is 5.82 Å². The predicted octanol–water partition coefficient (Wildman–Crippen LogP) is 3.13. The maximum absolute atomic E-state index is 12.8. The van der Waals surface area contributed by atoms with Gasteiger partial charge in [0, 0.05) is 11.9 Å². The number of hydrogen-bond acceptors (Lipinski definition) is 4. The van der Waals surface area contributed by atoms with Gasteiger partial charge in [-0.05, 0) is 30.7 Å². The number of anilines is 3. The molecule has 0 aliphatic heterocycles. The summed E-state index contributed by atoms with van der Waals surface area (Å²) in [6, 6.07) is 5.50. The Kier molecular flexibility index (Phi) is 3.28. The normalized spacial score (nSPS) is 11.4. The standard InChI is InChI=1S/C12H11F3N4/c1-7-2-3-8(6-9(7)12(13,14)15)18-10-4-5-17-11(16)19-10/h2-6H,1H3,(H3,16,17,18,19). The molecule has 0 saturated heterocycles. The second-order valence-electron chi connectivity index (χ2n) is 3.95. The van der Waals surface area contributed by atoms with Gasteiger partial charge in [0.25, 0.3) is 0 Å². The molecule has 0 fully saturated rings. The van der Waals surface area contributed by atoms with Crippen LogP contribution in [0, 0.1) is 6.92 Å². The van der Waals surface area contributed by atoms with E-state index in [-0.39, 0.29) is 17.2 Å². The Hall–Kier alpha value is -2.31. The highest BCUT2D eigenvalue weighted by molar-refractivity contribution is 5.58. The molecule has 0 aliphatic carbocycles. The van der Waals surface area contributed by atoms with Crippen molar-refractivity contribution in [3.63, 3.8) is 0 Å². The first-order valence-electron chi connectivity index (χ1n) is 5.39. The molecule has 3 N–H and O–H groups in total. The monoisotopic (exact) mass is 268 g/mol. The smallest absolute Gasteiger partial charge is 0.368 e. The highest BCUT2D eigenvalue weighted by Crippen LogP contribution is 2.33. The van der Waals surface area contributed by atoms with Gasteiger partial charge < -0.3 is 11.1 Å². The van der Waals surface area contributed by atoms with Gasteiger partial charge in [0.2, 0.25) is 5.95 Å². The number of aryl methyl sites for hydroxylation is 1. The van der Waals surface area contributed by atoms with E-state index in [1.807, 2.05) is 0 Å². The van der Waals surface area contributed by atoms with Crippen LogP contribution in [0.1, 0.15) is 11.1 Å². The van der Waals surface area contributed by atoms with Crippen LogP contribution in [0.3, 0.4) is 0 Å². The zero-order valence-corrected chi connectivity index (χ0v) is 9.99. The number of alkyl halides is 3. The van der Waals surface area contributed by atoms with E-state index >= 15 is 0 Å². The van der Waals surface area contributed by atoms with Crippen molar-refractivity contribution in [3.05, 3.63) is 41.6 Å². The molecule has 0 radical (unpaired) electrons. The van der Waals surface area contributed by atoms with Crippen molar-refractivity contribution in [2.75, 3.05) is 11.1 Å². The molecule has 2 aromatic rings. The molecule has 1 aromatic carbocycles. The number of nitrogens with one attached hydrogen (secondary N) is 1. The lowest BCUT2D eigenvalue weighted by Gasteiger charge is -2.13. The van der Waals surface area contributed by atoms with Gasteiger partial charge in [0.15, 0.2) is 0 Å². The summed E-state index contributed by atoms with van der Waals surface area (Å²) in [5.41, 5.74) is 5.17. The first-order chi connectivity index (χ1) is 8.86. The fraction of sp³-hybridized carbons (Fsp3) is 0.167. The minimum absolute atomic E-state index is 0.0492. The summed E-state index contributed by atoms with van der Waals surface area (Å²) in [5, 5.41) is 2.75. The van der Waals surface area contributed by atoms with Gasteiger partial charge >= 0.3 is 6.18 Å². The Bertz CT molecular complexity index is 596. The second-order valence-corrected chi connectivity index (χ2v) is 3.95. The molecule has 4 nitrogen and oxygen atoms in total. The number of nitrogen functional groups attached to an aromatic ring is 1. The van der Waals surface area contributed by atoms with Crippen LogP contribution in [0.5, 0.6) is 0 Å². The highest BCUT2D eigenvalue weighted by Gasteiger charge is 2.32. The SMILES string of the molecule is Cc1ccc(Nc2ccnc(N)n2)cc1C(F)(F)F. The van der Waals surface area contributed by atoms with Crippen molar-refractivity contribution in [3.8, 4) is 0 Å². The van der Waals surface area contributed by atoms with Gasteiger partial charge in [-0.25, -0.2) is 4.98 Å². The van der Waals surface area contributed by atoms with Gasteiger partial charge in [-0.3, -0.25) is 0 Å². The second kappa shape index (κ2) is 4.75. The van der Waals surface area contributed by atoms with Crippen molar-refractivity contribution < 1.29 is 13.2 Å². The Balaban J connectivity index is 2.32. The fourth-order valence-corrected chi connectivity index (χ4v) is 1.60. The topological polar surface area (TPSA) is 63.8 Å². The van der Waals surface area contributed by atoms with E-state index in [9.17, 15) is 13.2 Å². The average Bonchev–Trinajstić information content (AvgIpc) is 2.30. The molecule has 0 unspecified atom stereocenters. The molecular formula is C12H11F3N4. The molecule has 0 bridgehead atoms. The zero-order chi connectivity index (χ0) is 14.0. The average molecular weight is 268 g/mol.